The summed E-state index contributed by atoms with van der Waals surface area (Å²) in [4.78, 5) is 19.8. The van der Waals surface area contributed by atoms with Crippen LogP contribution in [0.3, 0.4) is 0 Å². The van der Waals surface area contributed by atoms with Crippen LogP contribution in [0.1, 0.15) is 38.4 Å². The van der Waals surface area contributed by atoms with Crippen LogP contribution in [-0.4, -0.2) is 49.2 Å². The van der Waals surface area contributed by atoms with Crippen LogP contribution in [0.5, 0.6) is 5.88 Å². The molecule has 1 saturated heterocycles. The van der Waals surface area contributed by atoms with Crippen LogP contribution in [-0.2, 0) is 25.2 Å². The fourth-order valence-corrected chi connectivity index (χ4v) is 4.52. The first-order valence-electron chi connectivity index (χ1n) is 11.1. The average Bonchev–Trinajstić information content (AvgIpc) is 3.13. The van der Waals surface area contributed by atoms with Gasteiger partial charge in [-0.05, 0) is 31.0 Å². The topological polar surface area (TPSA) is 121 Å². The second-order valence-electron chi connectivity index (χ2n) is 8.58. The Bertz CT molecular complexity index is 1390. The summed E-state index contributed by atoms with van der Waals surface area (Å²) in [5.74, 6) is -9.66. The first-order valence-corrected chi connectivity index (χ1v) is 13.2. The summed E-state index contributed by atoms with van der Waals surface area (Å²) in [6.45, 7) is 1.49. The molecular weight excluding hydrogens is 503 g/mol. The molecule has 0 spiro atoms. The quantitative estimate of drug-likeness (QED) is 0.440. The molecule has 2 atom stereocenters. The van der Waals surface area contributed by atoms with Crippen molar-refractivity contribution in [1.29, 1.82) is 0 Å². The van der Waals surface area contributed by atoms with E-state index in [4.69, 9.17) is 13.9 Å². The molecule has 194 valence electrons. The lowest BCUT2D eigenvalue weighted by Gasteiger charge is -2.23. The number of nitrogens with one attached hydrogen (secondary N) is 1. The smallest absolute Gasteiger partial charge is 0.244 e. The number of carbonyl (C=O) groups is 1. The van der Waals surface area contributed by atoms with E-state index in [1.165, 1.54) is 24.5 Å². The van der Waals surface area contributed by atoms with Crippen molar-refractivity contribution in [3.63, 3.8) is 0 Å². The van der Waals surface area contributed by atoms with E-state index >= 15 is 4.39 Å². The minimum Gasteiger partial charge on any atom is -0.449 e. The molecule has 3 aromatic rings. The Labute approximate surface area is 204 Å². The second kappa shape index (κ2) is 10.1. The van der Waals surface area contributed by atoms with Gasteiger partial charge in [-0.3, -0.25) is 4.79 Å². The zero-order valence-electron chi connectivity index (χ0n) is 19.5. The molecule has 1 fully saturated rings. The number of fused-ring (bicyclic) bond motifs is 1. The van der Waals surface area contributed by atoms with Gasteiger partial charge in [-0.1, -0.05) is 0 Å². The van der Waals surface area contributed by atoms with Crippen molar-refractivity contribution in [2.45, 2.75) is 44.7 Å². The third-order valence-corrected chi connectivity index (χ3v) is 6.53. The second-order valence-corrected chi connectivity index (χ2v) is 10.8. The molecule has 36 heavy (non-hydrogen) atoms. The Morgan fingerprint density at radius 2 is 2.03 bits per heavy atom. The minimum absolute atomic E-state index is 0.0163. The molecule has 2 aromatic heterocycles. The Balaban J connectivity index is 1.75. The number of hydrogen-bond acceptors (Lipinski definition) is 8. The van der Waals surface area contributed by atoms with Crippen LogP contribution in [0, 0.1) is 11.6 Å². The van der Waals surface area contributed by atoms with Crippen LogP contribution in [0.4, 0.5) is 13.2 Å². The highest BCUT2D eigenvalue weighted by molar-refractivity contribution is 7.90. The highest BCUT2D eigenvalue weighted by atomic mass is 32.2. The zero-order valence-corrected chi connectivity index (χ0v) is 20.3. The summed E-state index contributed by atoms with van der Waals surface area (Å²) in [5.41, 5.74) is 0.459. The lowest BCUT2D eigenvalue weighted by Crippen LogP contribution is -2.42. The standard InChI is InChI=1S/C23H24F3N3O6S/c1-13(30)29-23(26,8-10-36(2,31)32)21-19(25)18(24)20(35-21)14-6-7-16-15(11-14)22(28-12-27-16)34-17-5-3-4-9-33-17/h6-7,11-12,17H,3-5,8-10H2,1-2H3,(H,29,30). The molecule has 9 nitrogen and oxygen atoms in total. The van der Waals surface area contributed by atoms with Gasteiger partial charge in [0.25, 0.3) is 0 Å². The number of sulfone groups is 1. The largest absolute Gasteiger partial charge is 0.449 e. The van der Waals surface area contributed by atoms with Crippen molar-refractivity contribution in [2.75, 3.05) is 18.6 Å². The van der Waals surface area contributed by atoms with Gasteiger partial charge in [0, 0.05) is 31.6 Å². The van der Waals surface area contributed by atoms with Gasteiger partial charge in [0.15, 0.2) is 5.76 Å². The van der Waals surface area contributed by atoms with Crippen molar-refractivity contribution in [1.82, 2.24) is 15.3 Å². The van der Waals surface area contributed by atoms with E-state index in [-0.39, 0.29) is 11.4 Å². The molecule has 13 heteroatoms. The van der Waals surface area contributed by atoms with Crippen LogP contribution in [0.15, 0.2) is 28.9 Å². The fourth-order valence-electron chi connectivity index (χ4n) is 3.87. The van der Waals surface area contributed by atoms with Crippen LogP contribution < -0.4 is 10.1 Å². The molecule has 1 amide bonds. The number of amides is 1. The van der Waals surface area contributed by atoms with Gasteiger partial charge in [0.05, 0.1) is 23.3 Å². The SMILES string of the molecule is CC(=O)NC(F)(CCS(C)(=O)=O)c1oc(-c2ccc3ncnc(OC4CCCCO4)c3c2)c(F)c1F. The van der Waals surface area contributed by atoms with E-state index in [0.29, 0.717) is 23.9 Å². The Kier molecular flexibility index (Phi) is 7.23. The molecule has 1 aliphatic rings. The Morgan fingerprint density at radius 1 is 1.25 bits per heavy atom. The van der Waals surface area contributed by atoms with Gasteiger partial charge >= 0.3 is 0 Å². The van der Waals surface area contributed by atoms with E-state index in [0.717, 1.165) is 26.0 Å². The number of nitrogens with zero attached hydrogens (tertiary/aromatic N) is 2. The Morgan fingerprint density at radius 3 is 2.69 bits per heavy atom. The molecule has 4 rings (SSSR count). The highest BCUT2D eigenvalue weighted by Gasteiger charge is 2.43. The predicted octanol–water partition coefficient (Wildman–Crippen LogP) is 3.77. The number of furan rings is 1. The van der Waals surface area contributed by atoms with Crippen molar-refractivity contribution in [3.8, 4) is 17.2 Å². The first-order chi connectivity index (χ1) is 17.0. The van der Waals surface area contributed by atoms with E-state index in [1.807, 2.05) is 5.32 Å². The molecule has 0 bridgehead atoms. The minimum atomic E-state index is -3.70. The van der Waals surface area contributed by atoms with E-state index in [2.05, 4.69) is 9.97 Å². The number of aromatic nitrogens is 2. The highest BCUT2D eigenvalue weighted by Crippen LogP contribution is 2.39. The lowest BCUT2D eigenvalue weighted by atomic mass is 10.1. The molecule has 0 radical (unpaired) electrons. The number of carbonyl (C=O) groups excluding carboxylic acids is 1. The molecule has 3 heterocycles. The maximum absolute atomic E-state index is 15.7. The zero-order chi connectivity index (χ0) is 26.1. The Hall–Kier alpha value is -3.19. The number of rotatable bonds is 8. The number of benzene rings is 1. The van der Waals surface area contributed by atoms with Gasteiger partial charge in [-0.25, -0.2) is 22.8 Å². The number of alkyl halides is 1. The average molecular weight is 528 g/mol. The number of hydrogen-bond donors (Lipinski definition) is 1. The van der Waals surface area contributed by atoms with Gasteiger partial charge in [0.2, 0.25) is 41.3 Å². The molecule has 1 aromatic carbocycles. The van der Waals surface area contributed by atoms with Gasteiger partial charge < -0.3 is 19.2 Å². The van der Waals surface area contributed by atoms with Crippen molar-refractivity contribution in [3.05, 3.63) is 41.9 Å². The van der Waals surface area contributed by atoms with E-state index in [1.54, 1.807) is 0 Å². The first kappa shape index (κ1) is 25.9. The maximum atomic E-state index is 15.7. The van der Waals surface area contributed by atoms with E-state index < -0.39 is 63.2 Å². The normalized spacial score (nSPS) is 18.1. The third kappa shape index (κ3) is 5.62. The molecule has 1 N–H and O–H groups in total. The molecule has 2 unspecified atom stereocenters. The summed E-state index contributed by atoms with van der Waals surface area (Å²) >= 11 is 0. The summed E-state index contributed by atoms with van der Waals surface area (Å²) < 4.78 is 85.4. The molecule has 0 saturated carbocycles. The number of ether oxygens (including phenoxy) is 2. The monoisotopic (exact) mass is 527 g/mol. The molecule has 1 aliphatic heterocycles. The van der Waals surface area contributed by atoms with Gasteiger partial charge in [0.1, 0.15) is 16.2 Å². The van der Waals surface area contributed by atoms with Gasteiger partial charge in [-0.15, -0.1) is 0 Å². The van der Waals surface area contributed by atoms with Crippen molar-refractivity contribution >= 4 is 26.6 Å². The number of halogens is 3. The summed E-state index contributed by atoms with van der Waals surface area (Å²) in [6, 6.07) is 4.28. The van der Waals surface area contributed by atoms with E-state index in [9.17, 15) is 22.0 Å². The van der Waals surface area contributed by atoms with Crippen molar-refractivity contribution in [2.24, 2.45) is 0 Å². The van der Waals surface area contributed by atoms with Crippen LogP contribution >= 0.6 is 0 Å². The summed E-state index contributed by atoms with van der Waals surface area (Å²) in [7, 11) is -3.70. The summed E-state index contributed by atoms with van der Waals surface area (Å²) in [6.07, 6.45) is 3.21. The van der Waals surface area contributed by atoms with Crippen LogP contribution in [0.25, 0.3) is 22.2 Å². The predicted molar refractivity (Wildman–Crippen MR) is 122 cm³/mol. The maximum Gasteiger partial charge on any atom is 0.244 e. The summed E-state index contributed by atoms with van der Waals surface area (Å²) in [5, 5.41) is 2.19. The molecule has 0 aliphatic carbocycles. The molecular formula is C23H24F3N3O6S. The van der Waals surface area contributed by atoms with Crippen molar-refractivity contribution < 1.29 is 40.3 Å². The third-order valence-electron chi connectivity index (χ3n) is 5.59. The van der Waals surface area contributed by atoms with Crippen LogP contribution in [0.2, 0.25) is 0 Å². The van der Waals surface area contributed by atoms with Gasteiger partial charge in [-0.2, -0.15) is 8.78 Å². The fraction of sp³-hybridized carbons (Fsp3) is 0.435. The lowest BCUT2D eigenvalue weighted by molar-refractivity contribution is -0.124.